The number of piperidine rings is 1. The molecule has 162 valence electrons. The standard InChI is InChI=1S/C23H33N5O2/c1-23(2,3)22(30)27-10-5-4-6-19(27)18-12-20-24-17-9-11-26(13-15-7-8-15)14-16(17)21(29)28(20)25-18/h12,15,19,25H,4-11,13-14H2,1-3H3/t19-/m0/s1. The SMILES string of the molecule is CC(C)(C)C(=O)N1CCCC[C@H]1c1cc2nc3c(c(=O)n2[nH]1)CN(CC1CC1)CC3. The predicted molar refractivity (Wildman–Crippen MR) is 115 cm³/mol. The van der Waals surface area contributed by atoms with Crippen LogP contribution in [-0.4, -0.2) is 49.9 Å². The maximum absolute atomic E-state index is 13.3. The van der Waals surface area contributed by atoms with E-state index in [1.54, 1.807) is 4.52 Å². The van der Waals surface area contributed by atoms with E-state index in [1.165, 1.54) is 12.8 Å². The number of nitrogens with zero attached hydrogens (tertiary/aromatic N) is 4. The molecule has 30 heavy (non-hydrogen) atoms. The summed E-state index contributed by atoms with van der Waals surface area (Å²) in [6, 6.07) is 1.96. The Kier molecular flexibility index (Phi) is 4.76. The number of hydrogen-bond acceptors (Lipinski definition) is 4. The number of H-pyrrole nitrogens is 1. The summed E-state index contributed by atoms with van der Waals surface area (Å²) in [6.45, 7) is 9.47. The zero-order valence-electron chi connectivity index (χ0n) is 18.4. The van der Waals surface area contributed by atoms with Crippen molar-refractivity contribution in [1.29, 1.82) is 0 Å². The van der Waals surface area contributed by atoms with E-state index >= 15 is 0 Å². The Morgan fingerprint density at radius 3 is 2.73 bits per heavy atom. The molecule has 2 aromatic rings. The summed E-state index contributed by atoms with van der Waals surface area (Å²) in [5.74, 6) is 0.988. The molecular formula is C23H33N5O2. The van der Waals surface area contributed by atoms with Gasteiger partial charge in [-0.3, -0.25) is 19.6 Å². The molecule has 0 radical (unpaired) electrons. The number of aromatic amines is 1. The summed E-state index contributed by atoms with van der Waals surface area (Å²) in [5.41, 5.74) is 2.99. The van der Waals surface area contributed by atoms with Gasteiger partial charge < -0.3 is 4.90 Å². The smallest absolute Gasteiger partial charge is 0.277 e. The van der Waals surface area contributed by atoms with E-state index in [9.17, 15) is 9.59 Å². The van der Waals surface area contributed by atoms with Crippen LogP contribution in [0, 0.1) is 11.3 Å². The molecule has 0 bridgehead atoms. The molecule has 2 aliphatic heterocycles. The topological polar surface area (TPSA) is 73.7 Å². The van der Waals surface area contributed by atoms with E-state index in [0.29, 0.717) is 12.2 Å². The van der Waals surface area contributed by atoms with Crippen molar-refractivity contribution >= 4 is 11.6 Å². The molecule has 5 rings (SSSR count). The van der Waals surface area contributed by atoms with Crippen LogP contribution in [0.1, 0.15) is 75.9 Å². The number of likely N-dealkylation sites (tertiary alicyclic amines) is 1. The number of carbonyl (C=O) groups excluding carboxylic acids is 1. The summed E-state index contributed by atoms with van der Waals surface area (Å²) < 4.78 is 1.60. The molecular weight excluding hydrogens is 378 g/mol. The first-order valence-electron chi connectivity index (χ1n) is 11.5. The molecule has 1 aliphatic carbocycles. The molecule has 1 saturated heterocycles. The van der Waals surface area contributed by atoms with Gasteiger partial charge in [0.15, 0.2) is 5.65 Å². The largest absolute Gasteiger partial charge is 0.334 e. The fourth-order valence-electron chi connectivity index (χ4n) is 4.98. The van der Waals surface area contributed by atoms with Crippen molar-refractivity contribution in [3.63, 3.8) is 0 Å². The lowest BCUT2D eigenvalue weighted by molar-refractivity contribution is -0.143. The van der Waals surface area contributed by atoms with Gasteiger partial charge in [-0.25, -0.2) is 9.50 Å². The van der Waals surface area contributed by atoms with Crippen molar-refractivity contribution in [2.75, 3.05) is 19.6 Å². The van der Waals surface area contributed by atoms with Gasteiger partial charge in [-0.1, -0.05) is 20.8 Å². The van der Waals surface area contributed by atoms with Crippen LogP contribution >= 0.6 is 0 Å². The van der Waals surface area contributed by atoms with Crippen LogP contribution in [0.5, 0.6) is 0 Å². The Labute approximate surface area is 177 Å². The van der Waals surface area contributed by atoms with Gasteiger partial charge in [0.25, 0.3) is 5.56 Å². The highest BCUT2D eigenvalue weighted by molar-refractivity contribution is 5.82. The first-order valence-corrected chi connectivity index (χ1v) is 11.5. The molecule has 1 saturated carbocycles. The van der Waals surface area contributed by atoms with Gasteiger partial charge in [0, 0.05) is 44.1 Å². The van der Waals surface area contributed by atoms with Crippen molar-refractivity contribution in [2.45, 2.75) is 71.9 Å². The van der Waals surface area contributed by atoms with E-state index in [4.69, 9.17) is 4.98 Å². The fourth-order valence-corrected chi connectivity index (χ4v) is 4.98. The summed E-state index contributed by atoms with van der Waals surface area (Å²) in [7, 11) is 0. The number of aromatic nitrogens is 3. The van der Waals surface area contributed by atoms with Crippen molar-refractivity contribution in [1.82, 2.24) is 24.4 Å². The minimum atomic E-state index is -0.416. The maximum atomic E-state index is 13.3. The third-order valence-corrected chi connectivity index (χ3v) is 6.84. The average molecular weight is 412 g/mol. The minimum Gasteiger partial charge on any atom is -0.334 e. The molecule has 0 aromatic carbocycles. The lowest BCUT2D eigenvalue weighted by Crippen LogP contribution is -2.44. The Balaban J connectivity index is 1.48. The second kappa shape index (κ2) is 7.22. The number of rotatable bonds is 3. The normalized spacial score (nSPS) is 23.0. The van der Waals surface area contributed by atoms with Gasteiger partial charge in [0.2, 0.25) is 5.91 Å². The number of carbonyl (C=O) groups is 1. The van der Waals surface area contributed by atoms with E-state index in [1.807, 2.05) is 31.7 Å². The van der Waals surface area contributed by atoms with E-state index < -0.39 is 5.41 Å². The van der Waals surface area contributed by atoms with E-state index in [2.05, 4.69) is 10.00 Å². The highest BCUT2D eigenvalue weighted by Crippen LogP contribution is 2.34. The van der Waals surface area contributed by atoms with Gasteiger partial charge in [0.05, 0.1) is 23.0 Å². The third kappa shape index (κ3) is 3.57. The van der Waals surface area contributed by atoms with Gasteiger partial charge >= 0.3 is 0 Å². The maximum Gasteiger partial charge on any atom is 0.277 e. The van der Waals surface area contributed by atoms with Crippen molar-refractivity contribution < 1.29 is 4.79 Å². The lowest BCUT2D eigenvalue weighted by atomic mass is 9.90. The zero-order chi connectivity index (χ0) is 21.0. The molecule has 0 unspecified atom stereocenters. The van der Waals surface area contributed by atoms with Crippen LogP contribution in [0.2, 0.25) is 0 Å². The molecule has 3 aliphatic rings. The lowest BCUT2D eigenvalue weighted by Gasteiger charge is -2.38. The number of fused-ring (bicyclic) bond motifs is 2. The first kappa shape index (κ1) is 19.8. The molecule has 2 fully saturated rings. The van der Waals surface area contributed by atoms with Crippen LogP contribution < -0.4 is 5.56 Å². The number of hydrogen-bond donors (Lipinski definition) is 1. The van der Waals surface area contributed by atoms with Crippen LogP contribution in [0.25, 0.3) is 5.65 Å². The predicted octanol–water partition coefficient (Wildman–Crippen LogP) is 2.89. The molecule has 7 heteroatoms. The van der Waals surface area contributed by atoms with Gasteiger partial charge in [0.1, 0.15) is 0 Å². The highest BCUT2D eigenvalue weighted by Gasteiger charge is 2.35. The van der Waals surface area contributed by atoms with Crippen molar-refractivity contribution in [3.05, 3.63) is 33.4 Å². The minimum absolute atomic E-state index is 0.0185. The van der Waals surface area contributed by atoms with E-state index in [0.717, 1.165) is 68.2 Å². The Bertz CT molecular complexity index is 1030. The average Bonchev–Trinajstić information content (AvgIpc) is 3.43. The summed E-state index contributed by atoms with van der Waals surface area (Å²) >= 11 is 0. The van der Waals surface area contributed by atoms with Crippen LogP contribution in [-0.2, 0) is 17.8 Å². The zero-order valence-corrected chi connectivity index (χ0v) is 18.4. The summed E-state index contributed by atoms with van der Waals surface area (Å²) in [4.78, 5) is 35.6. The Morgan fingerprint density at radius 2 is 2.00 bits per heavy atom. The molecule has 7 nitrogen and oxygen atoms in total. The highest BCUT2D eigenvalue weighted by atomic mass is 16.2. The van der Waals surface area contributed by atoms with Crippen LogP contribution in [0.4, 0.5) is 0 Å². The number of nitrogens with one attached hydrogen (secondary N) is 1. The van der Waals surface area contributed by atoms with E-state index in [-0.39, 0.29) is 17.5 Å². The van der Waals surface area contributed by atoms with Crippen LogP contribution in [0.15, 0.2) is 10.9 Å². The molecule has 2 aromatic heterocycles. The van der Waals surface area contributed by atoms with Crippen molar-refractivity contribution in [3.8, 4) is 0 Å². The third-order valence-electron chi connectivity index (χ3n) is 6.84. The van der Waals surface area contributed by atoms with Crippen molar-refractivity contribution in [2.24, 2.45) is 11.3 Å². The summed E-state index contributed by atoms with van der Waals surface area (Å²) in [5, 5.41) is 3.32. The van der Waals surface area contributed by atoms with Crippen LogP contribution in [0.3, 0.4) is 0 Å². The van der Waals surface area contributed by atoms with Gasteiger partial charge in [-0.2, -0.15) is 0 Å². The second-order valence-electron chi connectivity index (χ2n) is 10.4. The molecule has 1 N–H and O–H groups in total. The Morgan fingerprint density at radius 1 is 1.20 bits per heavy atom. The van der Waals surface area contributed by atoms with Gasteiger partial charge in [-0.05, 0) is 38.0 Å². The van der Waals surface area contributed by atoms with Gasteiger partial charge in [-0.15, -0.1) is 0 Å². The molecule has 0 spiro atoms. The summed E-state index contributed by atoms with van der Waals surface area (Å²) in [6.07, 6.45) is 6.52. The fraction of sp³-hybridized carbons (Fsp3) is 0.696. The second-order valence-corrected chi connectivity index (χ2v) is 10.4. The monoisotopic (exact) mass is 411 g/mol. The number of amides is 1. The molecule has 4 heterocycles. The Hall–Kier alpha value is -2.15. The quantitative estimate of drug-likeness (QED) is 0.843. The molecule has 1 amide bonds. The first-order chi connectivity index (χ1) is 14.3. The molecule has 1 atom stereocenters.